The zero-order valence-electron chi connectivity index (χ0n) is 19.1. The third-order valence-corrected chi connectivity index (χ3v) is 6.87. The predicted molar refractivity (Wildman–Crippen MR) is 125 cm³/mol. The molecule has 14 heteroatoms. The van der Waals surface area contributed by atoms with E-state index >= 15 is 0 Å². The van der Waals surface area contributed by atoms with Crippen molar-refractivity contribution in [1.82, 2.24) is 4.31 Å². The molecule has 1 heterocycles. The number of amides is 1. The Morgan fingerprint density at radius 3 is 2.22 bits per heavy atom. The molecule has 0 aromatic heterocycles. The molecule has 0 aliphatic carbocycles. The first-order valence-corrected chi connectivity index (χ1v) is 11.9. The number of aliphatic hydroxyl groups excluding tert-OH is 1. The number of nitrogens with two attached hydrogens (primary N) is 1. The maximum atomic E-state index is 12.9. The van der Waals surface area contributed by atoms with Gasteiger partial charge >= 0.3 is 12.4 Å². The molecule has 1 saturated heterocycles. The fourth-order valence-corrected chi connectivity index (χ4v) is 4.47. The van der Waals surface area contributed by atoms with Crippen LogP contribution in [0.5, 0.6) is 0 Å². The molecule has 2 atom stereocenters. The average molecular weight is 529 g/mol. The quantitative estimate of drug-likeness (QED) is 0.260. The van der Waals surface area contributed by atoms with E-state index in [1.807, 2.05) is 6.92 Å². The topological polar surface area (TPSA) is 183 Å². The van der Waals surface area contributed by atoms with Crippen molar-refractivity contribution in [3.8, 4) is 0 Å². The molecule has 3 rings (SSSR count). The summed E-state index contributed by atoms with van der Waals surface area (Å²) in [4.78, 5) is 21.5. The van der Waals surface area contributed by atoms with Gasteiger partial charge < -0.3 is 26.0 Å². The summed E-state index contributed by atoms with van der Waals surface area (Å²) in [6.45, 7) is 1.92. The van der Waals surface area contributed by atoms with E-state index in [-0.39, 0.29) is 30.4 Å². The van der Waals surface area contributed by atoms with E-state index in [9.17, 15) is 27.1 Å². The third-order valence-electron chi connectivity index (χ3n) is 4.99. The molecule has 6 N–H and O–H groups in total. The number of nitrogens with zero attached hydrogens (tertiary/aromatic N) is 1. The van der Waals surface area contributed by atoms with Crippen molar-refractivity contribution in [1.29, 1.82) is 5.41 Å². The highest BCUT2D eigenvalue weighted by Gasteiger charge is 2.36. The van der Waals surface area contributed by atoms with Gasteiger partial charge in [-0.1, -0.05) is 17.7 Å². The van der Waals surface area contributed by atoms with Crippen LogP contribution in [0, 0.1) is 12.3 Å². The van der Waals surface area contributed by atoms with Crippen LogP contribution in [0.15, 0.2) is 53.4 Å². The Labute approximate surface area is 206 Å². The molecular formula is C22H26F2N4O7S. The maximum absolute atomic E-state index is 12.9. The monoisotopic (exact) mass is 528 g/mol. The summed E-state index contributed by atoms with van der Waals surface area (Å²) in [5.74, 6) is -2.89. The molecule has 0 spiro atoms. The number of carboxylic acid groups (broad SMARTS) is 1. The summed E-state index contributed by atoms with van der Waals surface area (Å²) in [6, 6.07) is 12.7. The van der Waals surface area contributed by atoms with Gasteiger partial charge in [0.05, 0.1) is 11.5 Å². The number of aliphatic carboxylic acids is 1. The van der Waals surface area contributed by atoms with Crippen molar-refractivity contribution in [2.75, 3.05) is 25.0 Å². The summed E-state index contributed by atoms with van der Waals surface area (Å²) in [5.41, 5.74) is 7.24. The van der Waals surface area contributed by atoms with Crippen molar-refractivity contribution < 1.29 is 41.7 Å². The van der Waals surface area contributed by atoms with Gasteiger partial charge in [-0.3, -0.25) is 10.2 Å². The maximum Gasteiger partial charge on any atom is 0.371 e. The number of aliphatic hydroxyl groups is 1. The molecule has 1 amide bonds. The smallest absolute Gasteiger partial charge is 0.371 e. The molecule has 1 fully saturated rings. The number of alkyl halides is 2. The van der Waals surface area contributed by atoms with Gasteiger partial charge in [0.2, 0.25) is 10.0 Å². The lowest BCUT2D eigenvalue weighted by Crippen LogP contribution is -2.52. The van der Waals surface area contributed by atoms with E-state index in [4.69, 9.17) is 25.8 Å². The van der Waals surface area contributed by atoms with E-state index in [0.717, 1.165) is 5.56 Å². The fraction of sp³-hybridized carbons (Fsp3) is 0.318. The van der Waals surface area contributed by atoms with Crippen LogP contribution < -0.4 is 11.1 Å². The number of carbonyl (C=O) groups excluding carboxylic acids is 1. The summed E-state index contributed by atoms with van der Waals surface area (Å²) in [7, 11) is -3.76. The van der Waals surface area contributed by atoms with Crippen LogP contribution in [0.2, 0.25) is 0 Å². The van der Waals surface area contributed by atoms with Crippen molar-refractivity contribution >= 4 is 33.4 Å². The van der Waals surface area contributed by atoms with E-state index in [1.54, 1.807) is 36.4 Å². The number of benzene rings is 2. The molecule has 2 unspecified atom stereocenters. The minimum Gasteiger partial charge on any atom is -0.477 e. The Morgan fingerprint density at radius 2 is 1.72 bits per heavy atom. The molecule has 36 heavy (non-hydrogen) atoms. The highest BCUT2D eigenvalue weighted by molar-refractivity contribution is 7.89. The number of hydrogen-bond donors (Lipinski definition) is 5. The van der Waals surface area contributed by atoms with Crippen molar-refractivity contribution in [2.24, 2.45) is 5.73 Å². The lowest BCUT2D eigenvalue weighted by Gasteiger charge is -2.34. The van der Waals surface area contributed by atoms with Gasteiger partial charge in [-0.2, -0.15) is 13.1 Å². The first-order valence-electron chi connectivity index (χ1n) is 10.5. The lowest BCUT2D eigenvalue weighted by molar-refractivity contribution is -0.149. The van der Waals surface area contributed by atoms with Crippen LogP contribution in [0.1, 0.15) is 11.1 Å². The highest BCUT2D eigenvalue weighted by atomic mass is 32.2. The number of amidine groups is 1. The van der Waals surface area contributed by atoms with E-state index < -0.39 is 40.5 Å². The lowest BCUT2D eigenvalue weighted by atomic mass is 10.1. The Hall–Kier alpha value is -3.46. The Morgan fingerprint density at radius 1 is 1.17 bits per heavy atom. The molecule has 2 aromatic carbocycles. The number of morpholine rings is 1. The Balaban J connectivity index is 0.000000678. The molecule has 196 valence electrons. The van der Waals surface area contributed by atoms with Crippen molar-refractivity contribution in [3.63, 3.8) is 0 Å². The SMILES string of the molecule is Cc1ccc(S(=O)(=O)N2CCOC(C(O)C(=O)Nc3ccc(C(=N)N)cc3)C2)cc1.O=C(O)C(F)F. The number of nitrogen functional groups attached to an aromatic ring is 1. The van der Waals surface area contributed by atoms with Gasteiger partial charge in [0.15, 0.2) is 6.10 Å². The average Bonchev–Trinajstić information content (AvgIpc) is 2.84. The zero-order chi connectivity index (χ0) is 27.0. The number of nitrogens with one attached hydrogen (secondary N) is 2. The molecule has 1 aliphatic heterocycles. The van der Waals surface area contributed by atoms with Crippen LogP contribution in [0.3, 0.4) is 0 Å². The molecule has 0 bridgehead atoms. The Bertz CT molecular complexity index is 1180. The number of sulfonamides is 1. The molecular weight excluding hydrogens is 502 g/mol. The van der Waals surface area contributed by atoms with Crippen LogP contribution in [-0.2, 0) is 24.3 Å². The number of ether oxygens (including phenoxy) is 1. The van der Waals surface area contributed by atoms with E-state index in [1.165, 1.54) is 16.4 Å². The van der Waals surface area contributed by atoms with Gasteiger partial charge in [0.25, 0.3) is 5.91 Å². The first kappa shape index (κ1) is 28.8. The largest absolute Gasteiger partial charge is 0.477 e. The van der Waals surface area contributed by atoms with Gasteiger partial charge in [0, 0.05) is 24.3 Å². The van der Waals surface area contributed by atoms with E-state index in [2.05, 4.69) is 5.32 Å². The van der Waals surface area contributed by atoms with Gasteiger partial charge in [-0.25, -0.2) is 13.2 Å². The summed E-state index contributed by atoms with van der Waals surface area (Å²) >= 11 is 0. The van der Waals surface area contributed by atoms with Crippen LogP contribution in [0.25, 0.3) is 0 Å². The molecule has 0 saturated carbocycles. The second-order valence-electron chi connectivity index (χ2n) is 7.65. The van der Waals surface area contributed by atoms with Gasteiger partial charge in [-0.05, 0) is 43.3 Å². The summed E-state index contributed by atoms with van der Waals surface area (Å²) < 4.78 is 53.5. The number of carbonyl (C=O) groups is 2. The molecule has 1 aliphatic rings. The molecule has 0 radical (unpaired) electrons. The van der Waals surface area contributed by atoms with Gasteiger partial charge in [-0.15, -0.1) is 0 Å². The van der Waals surface area contributed by atoms with Crippen LogP contribution in [-0.4, -0.2) is 79.0 Å². The summed E-state index contributed by atoms with van der Waals surface area (Å²) in [5, 5.41) is 27.6. The fourth-order valence-electron chi connectivity index (χ4n) is 3.04. The van der Waals surface area contributed by atoms with Crippen molar-refractivity contribution in [2.45, 2.75) is 30.5 Å². The minimum absolute atomic E-state index is 0.0629. The van der Waals surface area contributed by atoms with E-state index in [0.29, 0.717) is 11.3 Å². The summed E-state index contributed by atoms with van der Waals surface area (Å²) in [6.07, 6.45) is -5.80. The number of hydrogen-bond acceptors (Lipinski definition) is 7. The molecule has 11 nitrogen and oxygen atoms in total. The van der Waals surface area contributed by atoms with Gasteiger partial charge in [0.1, 0.15) is 11.9 Å². The number of anilines is 1. The standard InChI is InChI=1S/C20H24N4O5S.C2H2F2O2/c1-13-2-8-16(9-3-13)30(27,28)24-10-11-29-17(12-24)18(25)20(26)23-15-6-4-14(5-7-15)19(21)22;3-1(4)2(5)6/h2-9,17-18,25H,10-12H2,1H3,(H3,21,22)(H,23,26);1H,(H,5,6). The second kappa shape index (κ2) is 12.5. The van der Waals surface area contributed by atoms with Crippen LogP contribution >= 0.6 is 0 Å². The van der Waals surface area contributed by atoms with Crippen molar-refractivity contribution in [3.05, 3.63) is 59.7 Å². The molecule has 2 aromatic rings. The highest BCUT2D eigenvalue weighted by Crippen LogP contribution is 2.21. The normalized spacial score (nSPS) is 17.0. The third kappa shape index (κ3) is 7.78. The number of rotatable bonds is 7. The predicted octanol–water partition coefficient (Wildman–Crippen LogP) is 1.00. The number of halogens is 2. The Kier molecular flexibility index (Phi) is 9.98. The zero-order valence-corrected chi connectivity index (χ0v) is 19.9. The number of carboxylic acids is 1. The van der Waals surface area contributed by atoms with Crippen LogP contribution in [0.4, 0.5) is 14.5 Å². The number of aryl methyl sites for hydroxylation is 1. The minimum atomic E-state index is -3.76. The first-order chi connectivity index (χ1) is 16.8. The second-order valence-corrected chi connectivity index (χ2v) is 9.59.